The molecule has 0 radical (unpaired) electrons. The number of hydrogen-bond donors (Lipinski definition) is 0. The molecule has 0 atom stereocenters. The van der Waals surface area contributed by atoms with Crippen molar-refractivity contribution in [1.29, 1.82) is 0 Å². The predicted octanol–water partition coefficient (Wildman–Crippen LogP) is 9.17. The van der Waals surface area contributed by atoms with Crippen molar-refractivity contribution in [2.45, 2.75) is 58.3 Å². The summed E-state index contributed by atoms with van der Waals surface area (Å²) in [5.41, 5.74) is 16.1. The highest BCUT2D eigenvalue weighted by Crippen LogP contribution is 2.51. The molecule has 220 valence electrons. The number of benzene rings is 5. The van der Waals surface area contributed by atoms with Crippen molar-refractivity contribution in [2.24, 2.45) is 0 Å². The van der Waals surface area contributed by atoms with E-state index in [0.29, 0.717) is 0 Å². The third-order valence-electron chi connectivity index (χ3n) is 10.7. The van der Waals surface area contributed by atoms with Crippen LogP contribution in [0.4, 0.5) is 34.1 Å². The van der Waals surface area contributed by atoms with Gasteiger partial charge >= 0.3 is 0 Å². The average Bonchev–Trinajstić information content (AvgIpc) is 3.41. The zero-order chi connectivity index (χ0) is 30.7. The Labute approximate surface area is 266 Å². The fourth-order valence-electron chi connectivity index (χ4n) is 8.33. The number of nitrogens with zero attached hydrogens (tertiary/aromatic N) is 2. The minimum atomic E-state index is -0.0211. The van der Waals surface area contributed by atoms with Crippen molar-refractivity contribution >= 4 is 68.4 Å². The summed E-state index contributed by atoms with van der Waals surface area (Å²) in [6.45, 7) is 11.8. The molecule has 1 aliphatic carbocycles. The molecule has 0 N–H and O–H groups in total. The van der Waals surface area contributed by atoms with Gasteiger partial charge in [-0.25, -0.2) is 0 Å². The molecule has 0 spiro atoms. The summed E-state index contributed by atoms with van der Waals surface area (Å²) in [7, 11) is 0. The fraction of sp³-hybridized carbons (Fsp3) is 0.220. The Balaban J connectivity index is 1.42. The van der Waals surface area contributed by atoms with E-state index in [-0.39, 0.29) is 17.5 Å². The second-order valence-corrected chi connectivity index (χ2v) is 14.5. The van der Waals surface area contributed by atoms with Gasteiger partial charge in [0.05, 0.1) is 11.3 Å². The lowest BCUT2D eigenvalue weighted by molar-refractivity contribution is 0.332. The van der Waals surface area contributed by atoms with E-state index in [0.717, 1.165) is 22.6 Å². The number of hydrogen-bond acceptors (Lipinski definition) is 3. The first-order chi connectivity index (χ1) is 21.7. The number of rotatable bonds is 2. The Morgan fingerprint density at radius 3 is 1.84 bits per heavy atom. The molecule has 45 heavy (non-hydrogen) atoms. The molecule has 1 aromatic heterocycles. The summed E-state index contributed by atoms with van der Waals surface area (Å²) in [5.74, 6) is 0. The molecule has 0 amide bonds. The lowest BCUT2D eigenvalue weighted by atomic mass is 9.35. The van der Waals surface area contributed by atoms with Crippen LogP contribution in [-0.4, -0.2) is 6.71 Å². The third kappa shape index (κ3) is 3.72. The zero-order valence-corrected chi connectivity index (χ0v) is 26.7. The molecule has 6 aromatic rings. The minimum absolute atomic E-state index is 0.0211. The smallest absolute Gasteiger partial charge is 0.297 e. The van der Waals surface area contributed by atoms with Crippen LogP contribution in [0.5, 0.6) is 0 Å². The van der Waals surface area contributed by atoms with Gasteiger partial charge in [0, 0.05) is 33.8 Å². The van der Waals surface area contributed by atoms with Crippen molar-refractivity contribution in [2.75, 3.05) is 9.80 Å². The molecule has 3 nitrogen and oxygen atoms in total. The highest BCUT2D eigenvalue weighted by Gasteiger charge is 2.47. The Hall–Kier alpha value is -4.70. The standard InChI is InChI=1S/C41H37BN2O/c1-26-22-34-37-35(23-26)44(28-16-10-7-11-17-28)38-29-24-30-31(41(4,5)21-20-40(30,2)3)25-36(29)45-39(38)42(37)32-18-12-13-19-33(32)43(34)27-14-8-6-9-15-27/h6-19,22-25H,20-21H2,1-5H3. The Morgan fingerprint density at radius 2 is 1.18 bits per heavy atom. The van der Waals surface area contributed by atoms with E-state index < -0.39 is 0 Å². The summed E-state index contributed by atoms with van der Waals surface area (Å²) >= 11 is 0. The molecule has 0 saturated heterocycles. The lowest BCUT2D eigenvalue weighted by Gasteiger charge is -2.43. The third-order valence-corrected chi connectivity index (χ3v) is 10.7. The maximum atomic E-state index is 7.19. The fourth-order valence-corrected chi connectivity index (χ4v) is 8.33. The molecule has 0 unspecified atom stereocenters. The summed E-state index contributed by atoms with van der Waals surface area (Å²) < 4.78 is 7.19. The molecule has 0 saturated carbocycles. The van der Waals surface area contributed by atoms with Crippen LogP contribution in [-0.2, 0) is 10.8 Å². The van der Waals surface area contributed by atoms with Gasteiger partial charge in [-0.05, 0) is 113 Å². The van der Waals surface area contributed by atoms with Crippen LogP contribution in [0.2, 0.25) is 0 Å². The first-order valence-electron chi connectivity index (χ1n) is 16.3. The summed E-state index contributed by atoms with van der Waals surface area (Å²) in [6.07, 6.45) is 2.35. The molecular formula is C41H37BN2O. The minimum Gasteiger partial charge on any atom is -0.468 e. The van der Waals surface area contributed by atoms with Gasteiger partial charge in [-0.3, -0.25) is 0 Å². The van der Waals surface area contributed by atoms with Crippen LogP contribution in [0, 0.1) is 6.92 Å². The number of aryl methyl sites for hydroxylation is 1. The van der Waals surface area contributed by atoms with Crippen LogP contribution < -0.4 is 26.4 Å². The molecule has 0 fully saturated rings. The van der Waals surface area contributed by atoms with E-state index in [1.165, 1.54) is 68.6 Å². The molecule has 4 heteroatoms. The number of fused-ring (bicyclic) bond motifs is 7. The number of furan rings is 1. The van der Waals surface area contributed by atoms with Gasteiger partial charge in [-0.15, -0.1) is 0 Å². The normalized spacial score (nSPS) is 17.0. The summed E-state index contributed by atoms with van der Waals surface area (Å²) in [6, 6.07) is 40.1. The van der Waals surface area contributed by atoms with Gasteiger partial charge < -0.3 is 14.2 Å². The monoisotopic (exact) mass is 584 g/mol. The van der Waals surface area contributed by atoms with Gasteiger partial charge in [0.1, 0.15) is 5.58 Å². The van der Waals surface area contributed by atoms with Crippen molar-refractivity contribution in [1.82, 2.24) is 0 Å². The number of para-hydroxylation sites is 3. The highest BCUT2D eigenvalue weighted by molar-refractivity contribution is 6.99. The molecule has 0 bridgehead atoms. The molecule has 5 aromatic carbocycles. The van der Waals surface area contributed by atoms with Crippen LogP contribution >= 0.6 is 0 Å². The highest BCUT2D eigenvalue weighted by atomic mass is 16.3. The van der Waals surface area contributed by atoms with Gasteiger partial charge in [-0.1, -0.05) is 82.3 Å². The second kappa shape index (κ2) is 9.17. The Kier molecular flexibility index (Phi) is 5.44. The van der Waals surface area contributed by atoms with Crippen LogP contribution in [0.25, 0.3) is 11.0 Å². The van der Waals surface area contributed by atoms with E-state index in [1.807, 2.05) is 0 Å². The molecule has 9 rings (SSSR count). The van der Waals surface area contributed by atoms with Crippen LogP contribution in [0.1, 0.15) is 57.2 Å². The number of anilines is 6. The maximum absolute atomic E-state index is 7.19. The van der Waals surface area contributed by atoms with E-state index in [9.17, 15) is 0 Å². The van der Waals surface area contributed by atoms with Gasteiger partial charge in [0.2, 0.25) is 0 Å². The van der Waals surface area contributed by atoms with Crippen molar-refractivity contribution in [3.8, 4) is 0 Å². The van der Waals surface area contributed by atoms with Gasteiger partial charge in [0.15, 0.2) is 0 Å². The van der Waals surface area contributed by atoms with Gasteiger partial charge in [-0.2, -0.15) is 0 Å². The van der Waals surface area contributed by atoms with Crippen molar-refractivity contribution < 1.29 is 4.42 Å². The van der Waals surface area contributed by atoms with Crippen molar-refractivity contribution in [3.63, 3.8) is 0 Å². The second-order valence-electron chi connectivity index (χ2n) is 14.5. The summed E-state index contributed by atoms with van der Waals surface area (Å²) in [5, 5.41) is 1.20. The van der Waals surface area contributed by atoms with Crippen molar-refractivity contribution in [3.05, 3.63) is 126 Å². The average molecular weight is 585 g/mol. The molecule has 3 aliphatic rings. The maximum Gasteiger partial charge on any atom is 0.297 e. The Bertz CT molecular complexity index is 2140. The molecule has 3 heterocycles. The Morgan fingerprint density at radius 1 is 0.622 bits per heavy atom. The quantitative estimate of drug-likeness (QED) is 0.189. The topological polar surface area (TPSA) is 19.6 Å². The largest absolute Gasteiger partial charge is 0.468 e. The first-order valence-corrected chi connectivity index (χ1v) is 16.3. The van der Waals surface area contributed by atoms with Crippen LogP contribution in [0.15, 0.2) is 114 Å². The van der Waals surface area contributed by atoms with E-state index in [1.54, 1.807) is 0 Å². The van der Waals surface area contributed by atoms with E-state index in [2.05, 4.69) is 154 Å². The summed E-state index contributed by atoms with van der Waals surface area (Å²) in [4.78, 5) is 4.92. The zero-order valence-electron chi connectivity index (χ0n) is 26.7. The molecular weight excluding hydrogens is 547 g/mol. The van der Waals surface area contributed by atoms with Gasteiger partial charge in [0.25, 0.3) is 6.71 Å². The van der Waals surface area contributed by atoms with Crippen LogP contribution in [0.3, 0.4) is 0 Å². The predicted molar refractivity (Wildman–Crippen MR) is 190 cm³/mol. The van der Waals surface area contributed by atoms with E-state index in [4.69, 9.17) is 4.42 Å². The first kappa shape index (κ1) is 26.7. The van der Waals surface area contributed by atoms with E-state index >= 15 is 0 Å². The lowest BCUT2D eigenvalue weighted by Crippen LogP contribution is -2.61. The SMILES string of the molecule is Cc1cc2c3c(c1)N(c1ccccc1)c1c(oc4cc5c(cc14)C(C)(C)CCC5(C)C)B3c1ccccc1N2c1ccccc1. The molecule has 2 aliphatic heterocycles.